The predicted molar refractivity (Wildman–Crippen MR) is 168 cm³/mol. The third kappa shape index (κ3) is 10.4. The Morgan fingerprint density at radius 2 is 1.63 bits per heavy atom. The Balaban J connectivity index is 1.78. The Labute approximate surface area is 254 Å². The molecule has 43 heavy (non-hydrogen) atoms. The number of methoxy groups -OCH3 is 2. The van der Waals surface area contributed by atoms with E-state index in [4.69, 9.17) is 14.2 Å². The average molecular weight is 592 g/mol. The SMILES string of the molecule is CCCNCCOc1cccc(C[C@H](NC(=O)c2cccc(C(=O)OC)c2)[C@H](O)CNC(C)(C)c2cccc(OC)c2)c1. The fourth-order valence-electron chi connectivity index (χ4n) is 4.62. The Kier molecular flexibility index (Phi) is 13.0. The molecule has 232 valence electrons. The Hall–Kier alpha value is -3.92. The number of amides is 1. The van der Waals surface area contributed by atoms with Gasteiger partial charge in [0.1, 0.15) is 18.1 Å². The molecule has 1 amide bonds. The Morgan fingerprint density at radius 1 is 0.907 bits per heavy atom. The van der Waals surface area contributed by atoms with Crippen molar-refractivity contribution in [3.63, 3.8) is 0 Å². The van der Waals surface area contributed by atoms with Gasteiger partial charge in [0, 0.05) is 24.2 Å². The van der Waals surface area contributed by atoms with Crippen LogP contribution in [-0.4, -0.2) is 69.6 Å². The maximum Gasteiger partial charge on any atom is 0.337 e. The van der Waals surface area contributed by atoms with E-state index in [9.17, 15) is 14.7 Å². The monoisotopic (exact) mass is 591 g/mol. The molecule has 0 saturated heterocycles. The van der Waals surface area contributed by atoms with Crippen LogP contribution in [0.15, 0.2) is 72.8 Å². The molecule has 3 rings (SSSR count). The third-order valence-electron chi connectivity index (χ3n) is 7.20. The van der Waals surface area contributed by atoms with Gasteiger partial charge < -0.3 is 35.3 Å². The van der Waals surface area contributed by atoms with E-state index in [0.29, 0.717) is 18.6 Å². The van der Waals surface area contributed by atoms with Gasteiger partial charge in [0.25, 0.3) is 5.91 Å². The van der Waals surface area contributed by atoms with Gasteiger partial charge in [-0.25, -0.2) is 4.79 Å². The molecule has 9 nitrogen and oxygen atoms in total. The smallest absolute Gasteiger partial charge is 0.337 e. The lowest BCUT2D eigenvalue weighted by Crippen LogP contribution is -2.51. The van der Waals surface area contributed by atoms with Crippen molar-refractivity contribution < 1.29 is 28.9 Å². The normalized spacial score (nSPS) is 12.7. The summed E-state index contributed by atoms with van der Waals surface area (Å²) in [5, 5.41) is 21.2. The highest BCUT2D eigenvalue weighted by Crippen LogP contribution is 2.24. The van der Waals surface area contributed by atoms with Crippen molar-refractivity contribution in [1.82, 2.24) is 16.0 Å². The first kappa shape index (κ1) is 33.6. The Morgan fingerprint density at radius 3 is 2.37 bits per heavy atom. The van der Waals surface area contributed by atoms with Crippen LogP contribution in [0.25, 0.3) is 0 Å². The van der Waals surface area contributed by atoms with Crippen molar-refractivity contribution in [3.05, 3.63) is 95.1 Å². The molecule has 4 N–H and O–H groups in total. The molecule has 9 heteroatoms. The van der Waals surface area contributed by atoms with E-state index in [1.165, 1.54) is 13.2 Å². The van der Waals surface area contributed by atoms with Crippen LogP contribution in [0.5, 0.6) is 11.5 Å². The number of hydrogen-bond donors (Lipinski definition) is 4. The fourth-order valence-corrected chi connectivity index (χ4v) is 4.62. The van der Waals surface area contributed by atoms with Gasteiger partial charge in [0.15, 0.2) is 0 Å². The molecule has 3 aromatic carbocycles. The second-order valence-corrected chi connectivity index (χ2v) is 10.9. The van der Waals surface area contributed by atoms with Gasteiger partial charge in [-0.1, -0.05) is 37.3 Å². The van der Waals surface area contributed by atoms with E-state index in [0.717, 1.165) is 42.1 Å². The van der Waals surface area contributed by atoms with Gasteiger partial charge >= 0.3 is 5.97 Å². The molecule has 0 heterocycles. The van der Waals surface area contributed by atoms with Crippen LogP contribution in [0.3, 0.4) is 0 Å². The summed E-state index contributed by atoms with van der Waals surface area (Å²) in [4.78, 5) is 25.4. The van der Waals surface area contributed by atoms with Crippen LogP contribution in [-0.2, 0) is 16.7 Å². The summed E-state index contributed by atoms with van der Waals surface area (Å²) >= 11 is 0. The van der Waals surface area contributed by atoms with Crippen LogP contribution < -0.4 is 25.4 Å². The van der Waals surface area contributed by atoms with E-state index < -0.39 is 29.6 Å². The zero-order valence-electron chi connectivity index (χ0n) is 25.8. The summed E-state index contributed by atoms with van der Waals surface area (Å²) in [7, 11) is 2.92. The maximum absolute atomic E-state index is 13.4. The van der Waals surface area contributed by atoms with E-state index in [2.05, 4.69) is 22.9 Å². The summed E-state index contributed by atoms with van der Waals surface area (Å²) in [5.41, 5.74) is 1.98. The van der Waals surface area contributed by atoms with Crippen molar-refractivity contribution in [1.29, 1.82) is 0 Å². The zero-order chi connectivity index (χ0) is 31.2. The number of aliphatic hydroxyl groups excluding tert-OH is 1. The largest absolute Gasteiger partial charge is 0.497 e. The van der Waals surface area contributed by atoms with Crippen LogP contribution in [0.2, 0.25) is 0 Å². The molecule has 0 fully saturated rings. The molecule has 0 radical (unpaired) electrons. The van der Waals surface area contributed by atoms with Crippen molar-refractivity contribution >= 4 is 11.9 Å². The third-order valence-corrected chi connectivity index (χ3v) is 7.20. The molecule has 0 aliphatic rings. The van der Waals surface area contributed by atoms with Crippen LogP contribution in [0.1, 0.15) is 59.0 Å². The summed E-state index contributed by atoms with van der Waals surface area (Å²) in [5.74, 6) is 0.530. The van der Waals surface area contributed by atoms with Gasteiger partial charge in [-0.3, -0.25) is 4.79 Å². The molecule has 2 atom stereocenters. The van der Waals surface area contributed by atoms with Gasteiger partial charge in [-0.05, 0) is 86.8 Å². The van der Waals surface area contributed by atoms with E-state index in [-0.39, 0.29) is 12.1 Å². The fraction of sp³-hybridized carbons (Fsp3) is 0.412. The minimum atomic E-state index is -0.944. The number of carbonyl (C=O) groups is 2. The molecule has 0 spiro atoms. The second-order valence-electron chi connectivity index (χ2n) is 10.9. The van der Waals surface area contributed by atoms with Crippen LogP contribution >= 0.6 is 0 Å². The molecule has 0 aromatic heterocycles. The lowest BCUT2D eigenvalue weighted by atomic mass is 9.93. The van der Waals surface area contributed by atoms with Crippen LogP contribution in [0.4, 0.5) is 0 Å². The van der Waals surface area contributed by atoms with Gasteiger partial charge in [-0.15, -0.1) is 0 Å². The topological polar surface area (TPSA) is 118 Å². The first-order valence-corrected chi connectivity index (χ1v) is 14.7. The van der Waals surface area contributed by atoms with E-state index in [1.54, 1.807) is 25.3 Å². The van der Waals surface area contributed by atoms with Crippen molar-refractivity contribution in [2.75, 3.05) is 40.5 Å². The molecular formula is C34H45N3O6. The first-order chi connectivity index (χ1) is 20.7. The number of aliphatic hydroxyl groups is 1. The number of esters is 1. The van der Waals surface area contributed by atoms with Gasteiger partial charge in [0.05, 0.1) is 31.9 Å². The van der Waals surface area contributed by atoms with Crippen molar-refractivity contribution in [2.45, 2.75) is 51.3 Å². The molecular weight excluding hydrogens is 546 g/mol. The molecule has 0 aliphatic heterocycles. The van der Waals surface area contributed by atoms with Gasteiger partial charge in [0.2, 0.25) is 0 Å². The molecule has 0 unspecified atom stereocenters. The summed E-state index contributed by atoms with van der Waals surface area (Å²) in [6.45, 7) is 8.59. The molecule has 0 bridgehead atoms. The number of hydrogen-bond acceptors (Lipinski definition) is 8. The van der Waals surface area contributed by atoms with Crippen molar-refractivity contribution in [2.24, 2.45) is 0 Å². The highest BCUT2D eigenvalue weighted by Gasteiger charge is 2.27. The van der Waals surface area contributed by atoms with Crippen molar-refractivity contribution in [3.8, 4) is 11.5 Å². The number of ether oxygens (including phenoxy) is 3. The number of carbonyl (C=O) groups excluding carboxylic acids is 2. The number of rotatable bonds is 17. The highest BCUT2D eigenvalue weighted by atomic mass is 16.5. The standard InChI is InChI=1S/C34H45N3O6/c1-6-16-35-17-18-43-29-15-7-10-24(19-29)20-30(37-32(39)25-11-8-12-26(21-25)33(40)42-5)31(38)23-36-34(2,3)27-13-9-14-28(22-27)41-4/h7-15,19,21-22,30-31,35-36,38H,6,16-18,20,23H2,1-5H3,(H,37,39)/t30-,31+/m0/s1. The zero-order valence-corrected chi connectivity index (χ0v) is 25.8. The number of benzene rings is 3. The maximum atomic E-state index is 13.4. The average Bonchev–Trinajstić information content (AvgIpc) is 3.03. The Bertz CT molecular complexity index is 1330. The van der Waals surface area contributed by atoms with Crippen LogP contribution in [0, 0.1) is 0 Å². The molecule has 0 aliphatic carbocycles. The summed E-state index contributed by atoms with van der Waals surface area (Å²) < 4.78 is 16.1. The lowest BCUT2D eigenvalue weighted by molar-refractivity contribution is 0.0600. The molecule has 3 aromatic rings. The summed E-state index contributed by atoms with van der Waals surface area (Å²) in [6.07, 6.45) is 0.472. The summed E-state index contributed by atoms with van der Waals surface area (Å²) in [6, 6.07) is 21.1. The lowest BCUT2D eigenvalue weighted by Gasteiger charge is -2.31. The first-order valence-electron chi connectivity index (χ1n) is 14.7. The van der Waals surface area contributed by atoms with E-state index in [1.807, 2.05) is 62.4 Å². The number of nitrogens with one attached hydrogen (secondary N) is 3. The minimum Gasteiger partial charge on any atom is -0.497 e. The second kappa shape index (κ2) is 16.6. The quantitative estimate of drug-likeness (QED) is 0.137. The van der Waals surface area contributed by atoms with E-state index >= 15 is 0 Å². The molecule has 0 saturated carbocycles. The highest BCUT2D eigenvalue weighted by molar-refractivity contribution is 5.98. The van der Waals surface area contributed by atoms with Gasteiger partial charge in [-0.2, -0.15) is 0 Å². The minimum absolute atomic E-state index is 0.205. The predicted octanol–water partition coefficient (Wildman–Crippen LogP) is 4.09.